The molecule has 0 radical (unpaired) electrons. The van der Waals surface area contributed by atoms with E-state index in [1.54, 1.807) is 4.90 Å². The average molecular weight is 416 g/mol. The molecule has 1 heterocycles. The van der Waals surface area contributed by atoms with Crippen LogP contribution in [0.5, 0.6) is 5.75 Å². The Labute approximate surface area is 173 Å². The van der Waals surface area contributed by atoms with Gasteiger partial charge in [-0.05, 0) is 42.0 Å². The van der Waals surface area contributed by atoms with Crippen molar-refractivity contribution >= 4 is 15.7 Å². The van der Waals surface area contributed by atoms with Gasteiger partial charge in [0.2, 0.25) is 0 Å². The summed E-state index contributed by atoms with van der Waals surface area (Å²) in [7, 11) is -3.09. The van der Waals surface area contributed by atoms with Crippen LogP contribution in [0.2, 0.25) is 0 Å². The van der Waals surface area contributed by atoms with E-state index in [4.69, 9.17) is 4.74 Å². The summed E-state index contributed by atoms with van der Waals surface area (Å²) < 4.78 is 29.7. The molecule has 1 aliphatic rings. The van der Waals surface area contributed by atoms with Crippen molar-refractivity contribution in [1.29, 1.82) is 0 Å². The van der Waals surface area contributed by atoms with E-state index >= 15 is 0 Å². The number of para-hydroxylation sites is 1. The molecular formula is C23H29NO4S. The first kappa shape index (κ1) is 21.4. The van der Waals surface area contributed by atoms with Gasteiger partial charge in [-0.3, -0.25) is 4.79 Å². The van der Waals surface area contributed by atoms with E-state index in [9.17, 15) is 13.2 Å². The molecule has 1 saturated heterocycles. The van der Waals surface area contributed by atoms with Crippen LogP contribution in [0.1, 0.15) is 42.9 Å². The molecule has 3 rings (SSSR count). The lowest BCUT2D eigenvalue weighted by Gasteiger charge is -2.28. The van der Waals surface area contributed by atoms with E-state index in [1.807, 2.05) is 43.3 Å². The Morgan fingerprint density at radius 2 is 1.83 bits per heavy atom. The monoisotopic (exact) mass is 415 g/mol. The van der Waals surface area contributed by atoms with Crippen molar-refractivity contribution in [2.75, 3.05) is 18.1 Å². The van der Waals surface area contributed by atoms with Gasteiger partial charge in [0, 0.05) is 12.6 Å². The molecule has 1 fully saturated rings. The maximum absolute atomic E-state index is 13.0. The molecule has 2 aromatic rings. The predicted octanol–water partition coefficient (Wildman–Crippen LogP) is 3.71. The van der Waals surface area contributed by atoms with E-state index < -0.39 is 9.84 Å². The molecule has 0 spiro atoms. The number of benzene rings is 2. The summed E-state index contributed by atoms with van der Waals surface area (Å²) in [6.45, 7) is 6.48. The Morgan fingerprint density at radius 3 is 2.41 bits per heavy atom. The van der Waals surface area contributed by atoms with E-state index in [-0.39, 0.29) is 30.1 Å². The highest BCUT2D eigenvalue weighted by Crippen LogP contribution is 2.23. The summed E-state index contributed by atoms with van der Waals surface area (Å²) in [5, 5.41) is 0. The third-order valence-corrected chi connectivity index (χ3v) is 7.16. The zero-order valence-electron chi connectivity index (χ0n) is 17.3. The fraction of sp³-hybridized carbons (Fsp3) is 0.435. The largest absolute Gasteiger partial charge is 0.484 e. The number of carbonyl (C=O) groups excluding carboxylic acids is 1. The van der Waals surface area contributed by atoms with Gasteiger partial charge < -0.3 is 9.64 Å². The number of hydrogen-bond acceptors (Lipinski definition) is 4. The van der Waals surface area contributed by atoms with Crippen LogP contribution in [-0.4, -0.2) is 43.4 Å². The highest BCUT2D eigenvalue weighted by atomic mass is 32.2. The highest BCUT2D eigenvalue weighted by Gasteiger charge is 2.34. The highest BCUT2D eigenvalue weighted by molar-refractivity contribution is 7.91. The number of ether oxygens (including phenoxy) is 1. The van der Waals surface area contributed by atoms with Gasteiger partial charge in [0.15, 0.2) is 16.4 Å². The van der Waals surface area contributed by atoms with Crippen LogP contribution in [0.4, 0.5) is 0 Å². The smallest absolute Gasteiger partial charge is 0.261 e. The van der Waals surface area contributed by atoms with Gasteiger partial charge in [0.1, 0.15) is 5.75 Å². The summed E-state index contributed by atoms with van der Waals surface area (Å²) >= 11 is 0. The molecular weight excluding hydrogens is 386 g/mol. The molecule has 0 aliphatic carbocycles. The quantitative estimate of drug-likeness (QED) is 0.692. The minimum absolute atomic E-state index is 0.0210. The summed E-state index contributed by atoms with van der Waals surface area (Å²) in [5.41, 5.74) is 3.18. The number of hydrogen-bond donors (Lipinski definition) is 0. The average Bonchev–Trinajstić information content (AvgIpc) is 3.05. The van der Waals surface area contributed by atoms with Crippen LogP contribution in [-0.2, 0) is 21.2 Å². The topological polar surface area (TPSA) is 63.7 Å². The Balaban J connectivity index is 1.75. The van der Waals surface area contributed by atoms with Crippen molar-refractivity contribution in [1.82, 2.24) is 4.90 Å². The standard InChI is InChI=1S/C23H29NO4S/c1-17(2)20-10-8-19(9-11-20)14-24(21-12-13-29(26,27)16-21)23(25)15-28-22-7-5-4-6-18(22)3/h4-11,17,21H,12-16H2,1-3H3/t21-/m1/s1. The number of rotatable bonds is 7. The second-order valence-corrected chi connectivity index (χ2v) is 10.3. The second kappa shape index (κ2) is 8.99. The van der Waals surface area contributed by atoms with Crippen LogP contribution in [0.25, 0.3) is 0 Å². The van der Waals surface area contributed by atoms with E-state index in [0.29, 0.717) is 24.6 Å². The Morgan fingerprint density at radius 1 is 1.14 bits per heavy atom. The van der Waals surface area contributed by atoms with Crippen LogP contribution in [0.3, 0.4) is 0 Å². The maximum atomic E-state index is 13.0. The molecule has 29 heavy (non-hydrogen) atoms. The van der Waals surface area contributed by atoms with Crippen molar-refractivity contribution in [3.05, 3.63) is 65.2 Å². The molecule has 0 aromatic heterocycles. The molecule has 0 unspecified atom stereocenters. The predicted molar refractivity (Wildman–Crippen MR) is 115 cm³/mol. The van der Waals surface area contributed by atoms with Crippen LogP contribution in [0, 0.1) is 6.92 Å². The van der Waals surface area contributed by atoms with Crippen molar-refractivity contribution in [3.8, 4) is 5.75 Å². The summed E-state index contributed by atoms with van der Waals surface area (Å²) in [6, 6.07) is 15.4. The summed E-state index contributed by atoms with van der Waals surface area (Å²) in [4.78, 5) is 14.7. The number of sulfone groups is 1. The molecule has 2 aromatic carbocycles. The molecule has 1 amide bonds. The summed E-state index contributed by atoms with van der Waals surface area (Å²) in [6.07, 6.45) is 0.475. The SMILES string of the molecule is Cc1ccccc1OCC(=O)N(Cc1ccc(C(C)C)cc1)[C@@H]1CCS(=O)(=O)C1. The Bertz CT molecular complexity index is 951. The normalized spacial score (nSPS) is 18.0. The maximum Gasteiger partial charge on any atom is 0.261 e. The molecule has 1 aliphatic heterocycles. The van der Waals surface area contributed by atoms with E-state index in [2.05, 4.69) is 26.0 Å². The zero-order chi connectivity index (χ0) is 21.0. The lowest BCUT2D eigenvalue weighted by molar-refractivity contribution is -0.136. The van der Waals surface area contributed by atoms with Crippen LogP contribution in [0.15, 0.2) is 48.5 Å². The first-order valence-corrected chi connectivity index (χ1v) is 11.8. The molecule has 5 nitrogen and oxygen atoms in total. The van der Waals surface area contributed by atoms with Crippen LogP contribution < -0.4 is 4.74 Å². The van der Waals surface area contributed by atoms with E-state index in [1.165, 1.54) is 5.56 Å². The van der Waals surface area contributed by atoms with Crippen molar-refractivity contribution in [3.63, 3.8) is 0 Å². The van der Waals surface area contributed by atoms with Crippen molar-refractivity contribution in [2.24, 2.45) is 0 Å². The minimum atomic E-state index is -3.09. The van der Waals surface area contributed by atoms with E-state index in [0.717, 1.165) is 11.1 Å². The zero-order valence-corrected chi connectivity index (χ0v) is 18.1. The Hall–Kier alpha value is -2.34. The molecule has 0 bridgehead atoms. The molecule has 0 N–H and O–H groups in total. The van der Waals surface area contributed by atoms with Gasteiger partial charge in [-0.2, -0.15) is 0 Å². The second-order valence-electron chi connectivity index (χ2n) is 8.03. The first-order valence-electron chi connectivity index (χ1n) is 10.0. The van der Waals surface area contributed by atoms with Crippen LogP contribution >= 0.6 is 0 Å². The third-order valence-electron chi connectivity index (χ3n) is 5.41. The number of aryl methyl sites for hydroxylation is 1. The number of carbonyl (C=O) groups is 1. The Kier molecular flexibility index (Phi) is 6.63. The van der Waals surface area contributed by atoms with Gasteiger partial charge in [-0.25, -0.2) is 8.42 Å². The molecule has 1 atom stereocenters. The molecule has 156 valence electrons. The van der Waals surface area contributed by atoms with Gasteiger partial charge in [-0.15, -0.1) is 0 Å². The number of amides is 1. The van der Waals surface area contributed by atoms with Crippen molar-refractivity contribution < 1.29 is 17.9 Å². The van der Waals surface area contributed by atoms with Gasteiger partial charge in [-0.1, -0.05) is 56.3 Å². The summed E-state index contributed by atoms with van der Waals surface area (Å²) in [5.74, 6) is 1.06. The lowest BCUT2D eigenvalue weighted by atomic mass is 10.0. The molecule has 0 saturated carbocycles. The fourth-order valence-electron chi connectivity index (χ4n) is 3.59. The number of nitrogens with zero attached hydrogens (tertiary/aromatic N) is 1. The lowest BCUT2D eigenvalue weighted by Crippen LogP contribution is -2.43. The van der Waals surface area contributed by atoms with Crippen molar-refractivity contribution in [2.45, 2.75) is 45.7 Å². The van der Waals surface area contributed by atoms with Gasteiger partial charge in [0.25, 0.3) is 5.91 Å². The fourth-order valence-corrected chi connectivity index (χ4v) is 5.32. The van der Waals surface area contributed by atoms with Gasteiger partial charge in [0.05, 0.1) is 11.5 Å². The first-order chi connectivity index (χ1) is 13.7. The molecule has 6 heteroatoms. The minimum Gasteiger partial charge on any atom is -0.484 e. The van der Waals surface area contributed by atoms with Gasteiger partial charge >= 0.3 is 0 Å². The third kappa shape index (κ3) is 5.60.